The highest BCUT2D eigenvalue weighted by Crippen LogP contribution is 2.26. The van der Waals surface area contributed by atoms with Crippen molar-refractivity contribution in [3.05, 3.63) is 52.3 Å². The highest BCUT2D eigenvalue weighted by molar-refractivity contribution is 5.37. The number of hydrazine groups is 1. The topological polar surface area (TPSA) is 55.9 Å². The van der Waals surface area contributed by atoms with E-state index in [1.807, 2.05) is 4.68 Å². The van der Waals surface area contributed by atoms with Gasteiger partial charge in [0.25, 0.3) is 0 Å². The van der Waals surface area contributed by atoms with Crippen molar-refractivity contribution in [2.75, 3.05) is 0 Å². The number of benzene rings is 1. The van der Waals surface area contributed by atoms with Gasteiger partial charge in [-0.05, 0) is 44.4 Å². The molecule has 108 valence electrons. The molecule has 2 aromatic rings. The van der Waals surface area contributed by atoms with Crippen molar-refractivity contribution in [2.45, 2.75) is 46.7 Å². The molecule has 0 aliphatic rings. The van der Waals surface area contributed by atoms with E-state index in [2.05, 4.69) is 62.5 Å². The molecule has 3 N–H and O–H groups in total. The Balaban J connectivity index is 2.51. The van der Waals surface area contributed by atoms with Gasteiger partial charge in [0.05, 0.1) is 17.4 Å². The molecule has 1 aromatic carbocycles. The van der Waals surface area contributed by atoms with E-state index >= 15 is 0 Å². The lowest BCUT2D eigenvalue weighted by Gasteiger charge is -2.20. The Morgan fingerprint density at radius 3 is 2.60 bits per heavy atom. The lowest BCUT2D eigenvalue weighted by atomic mass is 9.97. The number of hydrogen-bond acceptors (Lipinski definition) is 3. The molecule has 0 bridgehead atoms. The molecule has 2 rings (SSSR count). The first kappa shape index (κ1) is 14.8. The van der Waals surface area contributed by atoms with Crippen molar-refractivity contribution >= 4 is 0 Å². The molecule has 0 spiro atoms. The molecule has 0 amide bonds. The SMILES string of the molecule is CCc1cc(C(NN)c2cc(C)ccc2C)n(CC)n1. The summed E-state index contributed by atoms with van der Waals surface area (Å²) in [5.41, 5.74) is 8.87. The van der Waals surface area contributed by atoms with Crippen LogP contribution in [0.2, 0.25) is 0 Å². The number of aromatic nitrogens is 2. The second-order valence-electron chi connectivity index (χ2n) is 5.19. The average Bonchev–Trinajstić information content (AvgIpc) is 2.87. The van der Waals surface area contributed by atoms with E-state index < -0.39 is 0 Å². The van der Waals surface area contributed by atoms with Crippen LogP contribution in [0.5, 0.6) is 0 Å². The first-order valence-electron chi connectivity index (χ1n) is 7.20. The Kier molecular flexibility index (Phi) is 4.57. The molecule has 1 heterocycles. The van der Waals surface area contributed by atoms with Gasteiger partial charge < -0.3 is 0 Å². The first-order chi connectivity index (χ1) is 9.60. The van der Waals surface area contributed by atoms with E-state index in [1.54, 1.807) is 0 Å². The summed E-state index contributed by atoms with van der Waals surface area (Å²) in [5.74, 6) is 5.84. The molecule has 0 fully saturated rings. The molecule has 20 heavy (non-hydrogen) atoms. The Morgan fingerprint density at radius 2 is 2.00 bits per heavy atom. The van der Waals surface area contributed by atoms with Gasteiger partial charge in [-0.25, -0.2) is 5.43 Å². The molecule has 4 heteroatoms. The lowest BCUT2D eigenvalue weighted by Crippen LogP contribution is -2.31. The van der Waals surface area contributed by atoms with Gasteiger partial charge in [0.2, 0.25) is 0 Å². The van der Waals surface area contributed by atoms with E-state index in [-0.39, 0.29) is 6.04 Å². The van der Waals surface area contributed by atoms with Crippen LogP contribution in [-0.2, 0) is 13.0 Å². The fourth-order valence-electron chi connectivity index (χ4n) is 2.55. The van der Waals surface area contributed by atoms with Crippen molar-refractivity contribution < 1.29 is 0 Å². The maximum absolute atomic E-state index is 5.84. The summed E-state index contributed by atoms with van der Waals surface area (Å²) in [6.07, 6.45) is 0.935. The minimum Gasteiger partial charge on any atom is -0.271 e. The number of hydrogen-bond donors (Lipinski definition) is 2. The number of rotatable bonds is 5. The standard InChI is InChI=1S/C16H24N4/c1-5-13-10-15(20(6-2)19-13)16(18-17)14-9-11(3)7-8-12(14)4/h7-10,16,18H,5-6,17H2,1-4H3. The van der Waals surface area contributed by atoms with Crippen LogP contribution in [0.15, 0.2) is 24.3 Å². The molecule has 0 aliphatic heterocycles. The van der Waals surface area contributed by atoms with Crippen LogP contribution in [0.25, 0.3) is 0 Å². The average molecular weight is 272 g/mol. The summed E-state index contributed by atoms with van der Waals surface area (Å²) in [6, 6.07) is 8.58. The van der Waals surface area contributed by atoms with Gasteiger partial charge in [0.1, 0.15) is 0 Å². The van der Waals surface area contributed by atoms with E-state index in [0.717, 1.165) is 24.4 Å². The second kappa shape index (κ2) is 6.20. The van der Waals surface area contributed by atoms with Gasteiger partial charge in [-0.3, -0.25) is 10.5 Å². The summed E-state index contributed by atoms with van der Waals surface area (Å²) >= 11 is 0. The van der Waals surface area contributed by atoms with Crippen molar-refractivity contribution in [1.29, 1.82) is 0 Å². The minimum absolute atomic E-state index is 0.0253. The highest BCUT2D eigenvalue weighted by Gasteiger charge is 2.20. The molecule has 0 saturated carbocycles. The maximum atomic E-state index is 5.84. The lowest BCUT2D eigenvalue weighted by molar-refractivity contribution is 0.540. The fourth-order valence-corrected chi connectivity index (χ4v) is 2.55. The third kappa shape index (κ3) is 2.76. The quantitative estimate of drug-likeness (QED) is 0.650. The third-order valence-corrected chi connectivity index (χ3v) is 3.73. The zero-order valence-electron chi connectivity index (χ0n) is 12.8. The number of nitrogens with zero attached hydrogens (tertiary/aromatic N) is 2. The van der Waals surface area contributed by atoms with Crippen molar-refractivity contribution in [1.82, 2.24) is 15.2 Å². The fraction of sp³-hybridized carbons (Fsp3) is 0.438. The van der Waals surface area contributed by atoms with Crippen molar-refractivity contribution in [3.8, 4) is 0 Å². The van der Waals surface area contributed by atoms with Crippen LogP contribution in [-0.4, -0.2) is 9.78 Å². The predicted molar refractivity (Wildman–Crippen MR) is 82.4 cm³/mol. The smallest absolute Gasteiger partial charge is 0.0881 e. The van der Waals surface area contributed by atoms with Crippen LogP contribution >= 0.6 is 0 Å². The maximum Gasteiger partial charge on any atom is 0.0881 e. The summed E-state index contributed by atoms with van der Waals surface area (Å²) in [5, 5.41) is 4.61. The Morgan fingerprint density at radius 1 is 1.25 bits per heavy atom. The second-order valence-corrected chi connectivity index (χ2v) is 5.19. The van der Waals surface area contributed by atoms with Gasteiger partial charge in [-0.15, -0.1) is 0 Å². The summed E-state index contributed by atoms with van der Waals surface area (Å²) < 4.78 is 2.03. The van der Waals surface area contributed by atoms with Gasteiger partial charge >= 0.3 is 0 Å². The minimum atomic E-state index is -0.0253. The molecule has 1 aromatic heterocycles. The zero-order valence-corrected chi connectivity index (χ0v) is 12.8. The zero-order chi connectivity index (χ0) is 14.7. The number of nitrogens with one attached hydrogen (secondary N) is 1. The van der Waals surface area contributed by atoms with Crippen LogP contribution in [0.3, 0.4) is 0 Å². The highest BCUT2D eigenvalue weighted by atomic mass is 15.3. The van der Waals surface area contributed by atoms with Crippen molar-refractivity contribution in [2.24, 2.45) is 5.84 Å². The van der Waals surface area contributed by atoms with Gasteiger partial charge in [0.15, 0.2) is 0 Å². The Bertz CT molecular complexity index is 586. The van der Waals surface area contributed by atoms with E-state index in [9.17, 15) is 0 Å². The monoisotopic (exact) mass is 272 g/mol. The van der Waals surface area contributed by atoms with Crippen LogP contribution < -0.4 is 11.3 Å². The first-order valence-corrected chi connectivity index (χ1v) is 7.20. The third-order valence-electron chi connectivity index (χ3n) is 3.73. The molecule has 0 radical (unpaired) electrons. The van der Waals surface area contributed by atoms with Gasteiger partial charge in [-0.2, -0.15) is 5.10 Å². The van der Waals surface area contributed by atoms with E-state index in [0.29, 0.717) is 0 Å². The molecule has 0 aliphatic carbocycles. The Hall–Kier alpha value is -1.65. The Labute approximate surface area is 121 Å². The van der Waals surface area contributed by atoms with E-state index in [1.165, 1.54) is 16.7 Å². The molecule has 1 atom stereocenters. The van der Waals surface area contributed by atoms with Crippen molar-refractivity contribution in [3.63, 3.8) is 0 Å². The van der Waals surface area contributed by atoms with E-state index in [4.69, 9.17) is 5.84 Å². The predicted octanol–water partition coefficient (Wildman–Crippen LogP) is 2.63. The van der Waals surface area contributed by atoms with Crippen LogP contribution in [0.1, 0.15) is 48.0 Å². The molecule has 1 unspecified atom stereocenters. The summed E-state index contributed by atoms with van der Waals surface area (Å²) in [7, 11) is 0. The largest absolute Gasteiger partial charge is 0.271 e. The van der Waals surface area contributed by atoms with Gasteiger partial charge in [0, 0.05) is 6.54 Å². The van der Waals surface area contributed by atoms with Crippen LogP contribution in [0.4, 0.5) is 0 Å². The summed E-state index contributed by atoms with van der Waals surface area (Å²) in [4.78, 5) is 0. The normalized spacial score (nSPS) is 12.7. The molecular formula is C16H24N4. The molecular weight excluding hydrogens is 248 g/mol. The summed E-state index contributed by atoms with van der Waals surface area (Å²) in [6.45, 7) is 9.29. The van der Waals surface area contributed by atoms with Crippen LogP contribution in [0, 0.1) is 13.8 Å². The van der Waals surface area contributed by atoms with Gasteiger partial charge in [-0.1, -0.05) is 30.7 Å². The number of aryl methyl sites for hydroxylation is 4. The molecule has 4 nitrogen and oxygen atoms in total. The number of nitrogens with two attached hydrogens (primary N) is 1. The molecule has 0 saturated heterocycles.